The molecule has 1 aromatic rings. The Balaban J connectivity index is 2.10. The first-order valence-electron chi connectivity index (χ1n) is 6.38. The van der Waals surface area contributed by atoms with Gasteiger partial charge >= 0.3 is 0 Å². The maximum Gasteiger partial charge on any atom is 0.249 e. The molecular formula is C12H20N4O2. The number of hydrogen-bond donors (Lipinski definition) is 2. The molecular weight excluding hydrogens is 232 g/mol. The Labute approximate surface area is 106 Å². The summed E-state index contributed by atoms with van der Waals surface area (Å²) in [5.74, 6) is 1.63. The molecule has 1 unspecified atom stereocenters. The summed E-state index contributed by atoms with van der Waals surface area (Å²) >= 11 is 0. The average Bonchev–Trinajstić information content (AvgIpc) is 3.04. The quantitative estimate of drug-likeness (QED) is 0.818. The van der Waals surface area contributed by atoms with E-state index in [2.05, 4.69) is 15.5 Å². The zero-order chi connectivity index (χ0) is 13.3. The second-order valence-electron chi connectivity index (χ2n) is 5.28. The zero-order valence-electron chi connectivity index (χ0n) is 11.0. The van der Waals surface area contributed by atoms with Gasteiger partial charge in [0.1, 0.15) is 6.04 Å². The molecule has 2 rings (SSSR count). The number of nitrogens with zero attached hydrogens (tertiary/aromatic N) is 2. The van der Waals surface area contributed by atoms with Crippen LogP contribution in [0.5, 0.6) is 0 Å². The van der Waals surface area contributed by atoms with Gasteiger partial charge in [0, 0.05) is 5.92 Å². The first-order valence-corrected chi connectivity index (χ1v) is 6.38. The third kappa shape index (κ3) is 2.87. The van der Waals surface area contributed by atoms with Crippen LogP contribution in [0.15, 0.2) is 4.52 Å². The van der Waals surface area contributed by atoms with E-state index in [4.69, 9.17) is 10.3 Å². The number of hydrogen-bond acceptors (Lipinski definition) is 5. The van der Waals surface area contributed by atoms with Gasteiger partial charge in [-0.25, -0.2) is 0 Å². The van der Waals surface area contributed by atoms with Crippen molar-refractivity contribution < 1.29 is 9.32 Å². The molecule has 1 aliphatic carbocycles. The molecule has 1 heterocycles. The van der Waals surface area contributed by atoms with Crippen molar-refractivity contribution in [1.82, 2.24) is 15.5 Å². The SMILES string of the molecule is CC(C)C(NC(=O)[C@H](C)N)c1nc(C2CC2)no1. The van der Waals surface area contributed by atoms with Gasteiger partial charge in [0.15, 0.2) is 5.82 Å². The maximum atomic E-state index is 11.7. The van der Waals surface area contributed by atoms with Crippen LogP contribution in [-0.4, -0.2) is 22.1 Å². The summed E-state index contributed by atoms with van der Waals surface area (Å²) in [5.41, 5.74) is 5.55. The Morgan fingerprint density at radius 2 is 2.11 bits per heavy atom. The van der Waals surface area contributed by atoms with Crippen LogP contribution in [0.2, 0.25) is 0 Å². The van der Waals surface area contributed by atoms with Crippen LogP contribution in [0.1, 0.15) is 57.3 Å². The summed E-state index contributed by atoms with van der Waals surface area (Å²) in [5, 5.41) is 6.81. The molecule has 1 fully saturated rings. The van der Waals surface area contributed by atoms with Crippen LogP contribution in [-0.2, 0) is 4.79 Å². The lowest BCUT2D eigenvalue weighted by molar-refractivity contribution is -0.123. The molecule has 1 amide bonds. The Morgan fingerprint density at radius 3 is 2.61 bits per heavy atom. The third-order valence-electron chi connectivity index (χ3n) is 3.04. The van der Waals surface area contributed by atoms with Crippen LogP contribution in [0.3, 0.4) is 0 Å². The molecule has 100 valence electrons. The van der Waals surface area contributed by atoms with Crippen molar-refractivity contribution in [1.29, 1.82) is 0 Å². The predicted octanol–water partition coefficient (Wildman–Crippen LogP) is 1.11. The van der Waals surface area contributed by atoms with Gasteiger partial charge in [-0.3, -0.25) is 4.79 Å². The van der Waals surface area contributed by atoms with E-state index in [1.807, 2.05) is 13.8 Å². The molecule has 6 nitrogen and oxygen atoms in total. The highest BCUT2D eigenvalue weighted by molar-refractivity contribution is 5.81. The minimum absolute atomic E-state index is 0.167. The fraction of sp³-hybridized carbons (Fsp3) is 0.750. The van der Waals surface area contributed by atoms with Crippen molar-refractivity contribution in [3.05, 3.63) is 11.7 Å². The molecule has 0 aliphatic heterocycles. The summed E-state index contributed by atoms with van der Waals surface area (Å²) in [4.78, 5) is 16.0. The summed E-state index contributed by atoms with van der Waals surface area (Å²) in [6.07, 6.45) is 2.25. The highest BCUT2D eigenvalue weighted by Crippen LogP contribution is 2.38. The molecule has 18 heavy (non-hydrogen) atoms. The van der Waals surface area contributed by atoms with E-state index in [0.717, 1.165) is 18.7 Å². The van der Waals surface area contributed by atoms with Crippen LogP contribution < -0.4 is 11.1 Å². The predicted molar refractivity (Wildman–Crippen MR) is 65.6 cm³/mol. The highest BCUT2D eigenvalue weighted by atomic mass is 16.5. The maximum absolute atomic E-state index is 11.7. The Kier molecular flexibility index (Phi) is 3.65. The molecule has 2 atom stereocenters. The van der Waals surface area contributed by atoms with Crippen molar-refractivity contribution in [3.63, 3.8) is 0 Å². The normalized spacial score (nSPS) is 18.7. The van der Waals surface area contributed by atoms with Gasteiger partial charge < -0.3 is 15.6 Å². The van der Waals surface area contributed by atoms with E-state index in [0.29, 0.717) is 11.8 Å². The van der Waals surface area contributed by atoms with Crippen molar-refractivity contribution in [2.24, 2.45) is 11.7 Å². The average molecular weight is 252 g/mol. The lowest BCUT2D eigenvalue weighted by Crippen LogP contribution is -2.41. The molecule has 6 heteroatoms. The molecule has 1 aromatic heterocycles. The lowest BCUT2D eigenvalue weighted by atomic mass is 10.0. The van der Waals surface area contributed by atoms with Gasteiger partial charge in [0.2, 0.25) is 11.8 Å². The minimum atomic E-state index is -0.544. The lowest BCUT2D eigenvalue weighted by Gasteiger charge is -2.19. The molecule has 0 aromatic carbocycles. The number of aromatic nitrogens is 2. The smallest absolute Gasteiger partial charge is 0.249 e. The van der Waals surface area contributed by atoms with E-state index < -0.39 is 6.04 Å². The van der Waals surface area contributed by atoms with E-state index >= 15 is 0 Å². The van der Waals surface area contributed by atoms with Gasteiger partial charge in [-0.15, -0.1) is 0 Å². The van der Waals surface area contributed by atoms with Gasteiger partial charge in [-0.2, -0.15) is 4.98 Å². The molecule has 0 saturated heterocycles. The molecule has 0 radical (unpaired) electrons. The molecule has 0 spiro atoms. The van der Waals surface area contributed by atoms with Gasteiger partial charge in [-0.1, -0.05) is 19.0 Å². The van der Waals surface area contributed by atoms with E-state index in [-0.39, 0.29) is 17.9 Å². The monoisotopic (exact) mass is 252 g/mol. The van der Waals surface area contributed by atoms with Crippen molar-refractivity contribution >= 4 is 5.91 Å². The zero-order valence-corrected chi connectivity index (χ0v) is 11.0. The van der Waals surface area contributed by atoms with E-state index in [1.54, 1.807) is 6.92 Å². The van der Waals surface area contributed by atoms with Crippen LogP contribution >= 0.6 is 0 Å². The molecule has 3 N–H and O–H groups in total. The first-order chi connectivity index (χ1) is 8.49. The second kappa shape index (κ2) is 5.06. The fourth-order valence-electron chi connectivity index (χ4n) is 1.68. The number of amides is 1. The van der Waals surface area contributed by atoms with Crippen LogP contribution in [0, 0.1) is 5.92 Å². The molecule has 0 bridgehead atoms. The number of carbonyl (C=O) groups is 1. The summed E-state index contributed by atoms with van der Waals surface area (Å²) in [6.45, 7) is 5.64. The second-order valence-corrected chi connectivity index (χ2v) is 5.28. The number of nitrogens with one attached hydrogen (secondary N) is 1. The van der Waals surface area contributed by atoms with Gasteiger partial charge in [-0.05, 0) is 25.7 Å². The Morgan fingerprint density at radius 1 is 1.44 bits per heavy atom. The van der Waals surface area contributed by atoms with Gasteiger partial charge in [0.25, 0.3) is 0 Å². The molecule has 1 saturated carbocycles. The van der Waals surface area contributed by atoms with E-state index in [1.165, 1.54) is 0 Å². The first kappa shape index (κ1) is 13.0. The van der Waals surface area contributed by atoms with Crippen LogP contribution in [0.4, 0.5) is 0 Å². The number of nitrogens with two attached hydrogens (primary N) is 1. The summed E-state index contributed by atoms with van der Waals surface area (Å²) in [6, 6.07) is -0.819. The van der Waals surface area contributed by atoms with Gasteiger partial charge in [0.05, 0.1) is 6.04 Å². The van der Waals surface area contributed by atoms with Crippen molar-refractivity contribution in [3.8, 4) is 0 Å². The number of rotatable bonds is 5. The van der Waals surface area contributed by atoms with Crippen molar-refractivity contribution in [2.45, 2.75) is 51.6 Å². The minimum Gasteiger partial charge on any atom is -0.343 e. The Hall–Kier alpha value is -1.43. The standard InChI is InChI=1S/C12H20N4O2/c1-6(2)9(14-11(17)7(3)13)12-15-10(16-18-12)8-4-5-8/h6-9H,4-5,13H2,1-3H3,(H,14,17)/t7-,9?/m0/s1. The Bertz CT molecular complexity index is 423. The molecule has 1 aliphatic rings. The largest absolute Gasteiger partial charge is 0.343 e. The third-order valence-corrected chi connectivity index (χ3v) is 3.04. The highest BCUT2D eigenvalue weighted by Gasteiger charge is 2.31. The number of carbonyl (C=O) groups excluding carboxylic acids is 1. The van der Waals surface area contributed by atoms with E-state index in [9.17, 15) is 4.79 Å². The fourth-order valence-corrected chi connectivity index (χ4v) is 1.68. The van der Waals surface area contributed by atoms with Crippen molar-refractivity contribution in [2.75, 3.05) is 0 Å². The van der Waals surface area contributed by atoms with Crippen LogP contribution in [0.25, 0.3) is 0 Å². The summed E-state index contributed by atoms with van der Waals surface area (Å²) in [7, 11) is 0. The topological polar surface area (TPSA) is 94.0 Å². The summed E-state index contributed by atoms with van der Waals surface area (Å²) < 4.78 is 5.25.